The lowest BCUT2D eigenvalue weighted by molar-refractivity contribution is -0.384. The quantitative estimate of drug-likeness (QED) is 0.316. The summed E-state index contributed by atoms with van der Waals surface area (Å²) in [4.78, 5) is 20.9. The average molecular weight is 332 g/mol. The summed E-state index contributed by atoms with van der Waals surface area (Å²) in [5.41, 5.74) is 3.32. The lowest BCUT2D eigenvalue weighted by Gasteiger charge is -2.07. The van der Waals surface area contributed by atoms with Crippen molar-refractivity contribution >= 4 is 17.3 Å². The van der Waals surface area contributed by atoms with Crippen LogP contribution in [0.1, 0.15) is 33.6 Å². The number of esters is 1. The van der Waals surface area contributed by atoms with E-state index in [9.17, 15) is 14.9 Å². The van der Waals surface area contributed by atoms with Crippen LogP contribution in [0, 0.1) is 10.1 Å². The van der Waals surface area contributed by atoms with Gasteiger partial charge in [0.25, 0.3) is 5.69 Å². The standard InChI is InChI=1S/C18H24N2O4/c1-14(11-12-24-16(3)21)5-4-6-15(2)13-19-17-7-9-18(10-8-17)20(22)23/h6-11,19H,4-5,12-13H2,1-3H3/b14-11+,15-6+. The van der Waals surface area contributed by atoms with Gasteiger partial charge in [-0.15, -0.1) is 0 Å². The maximum absolute atomic E-state index is 10.7. The van der Waals surface area contributed by atoms with E-state index in [1.807, 2.05) is 19.9 Å². The van der Waals surface area contributed by atoms with Crippen LogP contribution in [0.4, 0.5) is 11.4 Å². The molecular formula is C18H24N2O4. The predicted molar refractivity (Wildman–Crippen MR) is 95.0 cm³/mol. The lowest BCUT2D eigenvalue weighted by atomic mass is 10.1. The lowest BCUT2D eigenvalue weighted by Crippen LogP contribution is -2.02. The Balaban J connectivity index is 2.34. The van der Waals surface area contributed by atoms with Crippen molar-refractivity contribution in [1.29, 1.82) is 0 Å². The number of carbonyl (C=O) groups excluding carboxylic acids is 1. The molecule has 24 heavy (non-hydrogen) atoms. The second-order valence-electron chi connectivity index (χ2n) is 5.60. The third kappa shape index (κ3) is 8.12. The van der Waals surface area contributed by atoms with E-state index < -0.39 is 4.92 Å². The number of anilines is 1. The van der Waals surface area contributed by atoms with Gasteiger partial charge in [-0.1, -0.05) is 17.2 Å². The van der Waals surface area contributed by atoms with Crippen molar-refractivity contribution in [2.75, 3.05) is 18.5 Å². The van der Waals surface area contributed by atoms with E-state index in [1.54, 1.807) is 12.1 Å². The van der Waals surface area contributed by atoms with E-state index >= 15 is 0 Å². The van der Waals surface area contributed by atoms with E-state index in [-0.39, 0.29) is 11.7 Å². The number of allylic oxidation sites excluding steroid dienone is 2. The maximum Gasteiger partial charge on any atom is 0.302 e. The van der Waals surface area contributed by atoms with E-state index in [2.05, 4.69) is 11.4 Å². The molecule has 0 saturated carbocycles. The van der Waals surface area contributed by atoms with Crippen molar-refractivity contribution in [3.63, 3.8) is 0 Å². The minimum absolute atomic E-state index is 0.0869. The summed E-state index contributed by atoms with van der Waals surface area (Å²) in [6.45, 7) is 6.46. The largest absolute Gasteiger partial charge is 0.462 e. The molecule has 0 aliphatic carbocycles. The fourth-order valence-corrected chi connectivity index (χ4v) is 1.96. The molecule has 130 valence electrons. The van der Waals surface area contributed by atoms with Crippen LogP contribution in [0.25, 0.3) is 0 Å². The Morgan fingerprint density at radius 2 is 1.83 bits per heavy atom. The molecule has 1 aromatic rings. The van der Waals surface area contributed by atoms with Gasteiger partial charge in [0.05, 0.1) is 4.92 Å². The smallest absolute Gasteiger partial charge is 0.302 e. The van der Waals surface area contributed by atoms with Gasteiger partial charge in [0, 0.05) is 31.3 Å². The second-order valence-corrected chi connectivity index (χ2v) is 5.60. The van der Waals surface area contributed by atoms with Crippen LogP contribution in [0.15, 0.2) is 47.6 Å². The van der Waals surface area contributed by atoms with Crippen molar-refractivity contribution in [3.05, 3.63) is 57.7 Å². The maximum atomic E-state index is 10.7. The van der Waals surface area contributed by atoms with Gasteiger partial charge < -0.3 is 10.1 Å². The molecule has 1 N–H and O–H groups in total. The van der Waals surface area contributed by atoms with Crippen molar-refractivity contribution in [3.8, 4) is 0 Å². The van der Waals surface area contributed by atoms with Gasteiger partial charge in [-0.05, 0) is 44.9 Å². The molecule has 0 unspecified atom stereocenters. The Bertz CT molecular complexity index is 618. The highest BCUT2D eigenvalue weighted by molar-refractivity contribution is 5.66. The van der Waals surface area contributed by atoms with Gasteiger partial charge in [-0.2, -0.15) is 0 Å². The first-order valence-corrected chi connectivity index (χ1v) is 7.81. The van der Waals surface area contributed by atoms with Gasteiger partial charge >= 0.3 is 5.97 Å². The third-order valence-corrected chi connectivity index (χ3v) is 3.40. The van der Waals surface area contributed by atoms with Crippen LogP contribution in [0.5, 0.6) is 0 Å². The molecule has 0 aliphatic rings. The molecule has 6 heteroatoms. The van der Waals surface area contributed by atoms with E-state index in [1.165, 1.54) is 30.2 Å². The molecule has 1 aromatic carbocycles. The fraction of sp³-hybridized carbons (Fsp3) is 0.389. The zero-order valence-corrected chi connectivity index (χ0v) is 14.4. The highest BCUT2D eigenvalue weighted by Gasteiger charge is 2.03. The van der Waals surface area contributed by atoms with Gasteiger partial charge in [0.2, 0.25) is 0 Å². The number of non-ortho nitro benzene ring substituents is 1. The van der Waals surface area contributed by atoms with Crippen molar-refractivity contribution in [2.24, 2.45) is 0 Å². The van der Waals surface area contributed by atoms with Crippen LogP contribution in [0.3, 0.4) is 0 Å². The number of rotatable bonds is 9. The molecule has 0 fully saturated rings. The Hall–Kier alpha value is -2.63. The first-order valence-electron chi connectivity index (χ1n) is 7.81. The molecule has 0 radical (unpaired) electrons. The third-order valence-electron chi connectivity index (χ3n) is 3.40. The predicted octanol–water partition coefficient (Wildman–Crippen LogP) is 4.24. The Morgan fingerprint density at radius 3 is 2.42 bits per heavy atom. The van der Waals surface area contributed by atoms with E-state index in [0.717, 1.165) is 18.5 Å². The summed E-state index contributed by atoms with van der Waals surface area (Å²) in [5.74, 6) is -0.271. The Morgan fingerprint density at radius 1 is 1.17 bits per heavy atom. The minimum atomic E-state index is -0.410. The number of nitro groups is 1. The number of nitro benzene ring substituents is 1. The molecule has 0 amide bonds. The number of benzene rings is 1. The summed E-state index contributed by atoms with van der Waals surface area (Å²) >= 11 is 0. The highest BCUT2D eigenvalue weighted by atomic mass is 16.6. The van der Waals surface area contributed by atoms with E-state index in [4.69, 9.17) is 4.74 Å². The van der Waals surface area contributed by atoms with Crippen molar-refractivity contribution in [1.82, 2.24) is 0 Å². The highest BCUT2D eigenvalue weighted by Crippen LogP contribution is 2.15. The molecule has 0 spiro atoms. The second kappa shape index (κ2) is 10.2. The van der Waals surface area contributed by atoms with Crippen LogP contribution in [-0.2, 0) is 9.53 Å². The van der Waals surface area contributed by atoms with Gasteiger partial charge in [-0.25, -0.2) is 0 Å². The van der Waals surface area contributed by atoms with Crippen LogP contribution in [-0.4, -0.2) is 24.0 Å². The Kier molecular flexibility index (Phi) is 8.25. The first-order chi connectivity index (χ1) is 11.4. The van der Waals surface area contributed by atoms with Crippen LogP contribution < -0.4 is 5.32 Å². The van der Waals surface area contributed by atoms with Gasteiger partial charge in [0.15, 0.2) is 0 Å². The number of hydrogen-bond acceptors (Lipinski definition) is 5. The summed E-state index contributed by atoms with van der Waals surface area (Å²) in [7, 11) is 0. The molecule has 0 aliphatic heterocycles. The van der Waals surface area contributed by atoms with E-state index in [0.29, 0.717) is 13.2 Å². The topological polar surface area (TPSA) is 81.5 Å². The molecule has 0 bridgehead atoms. The average Bonchev–Trinajstić information content (AvgIpc) is 2.53. The SMILES string of the molecule is CC(=O)OC/C=C(\C)CC/C=C(\C)CNc1ccc([N+](=O)[O-])cc1. The number of carbonyl (C=O) groups is 1. The molecule has 1 rings (SSSR count). The van der Waals surface area contributed by atoms with Crippen molar-refractivity contribution in [2.45, 2.75) is 33.6 Å². The zero-order chi connectivity index (χ0) is 17.9. The minimum Gasteiger partial charge on any atom is -0.462 e. The normalized spacial score (nSPS) is 12.0. The fourth-order valence-electron chi connectivity index (χ4n) is 1.96. The number of nitrogens with one attached hydrogen (secondary N) is 1. The summed E-state index contributed by atoms with van der Waals surface area (Å²) in [5, 5.41) is 13.8. The summed E-state index contributed by atoms with van der Waals surface area (Å²) < 4.78 is 4.87. The molecule has 0 aromatic heterocycles. The number of nitrogens with zero attached hydrogens (tertiary/aromatic N) is 1. The number of ether oxygens (including phenoxy) is 1. The molecule has 0 heterocycles. The monoisotopic (exact) mass is 332 g/mol. The number of hydrogen-bond donors (Lipinski definition) is 1. The zero-order valence-electron chi connectivity index (χ0n) is 14.4. The summed E-state index contributed by atoms with van der Waals surface area (Å²) in [6, 6.07) is 6.37. The molecule has 6 nitrogen and oxygen atoms in total. The van der Waals surface area contributed by atoms with Gasteiger partial charge in [-0.3, -0.25) is 14.9 Å². The molecular weight excluding hydrogens is 308 g/mol. The van der Waals surface area contributed by atoms with Crippen LogP contribution >= 0.6 is 0 Å². The summed E-state index contributed by atoms with van der Waals surface area (Å²) in [6.07, 6.45) is 5.90. The first kappa shape index (κ1) is 19.4. The van der Waals surface area contributed by atoms with Crippen LogP contribution in [0.2, 0.25) is 0 Å². The molecule has 0 atom stereocenters. The van der Waals surface area contributed by atoms with Gasteiger partial charge in [0.1, 0.15) is 6.61 Å². The molecule has 0 saturated heterocycles. The Labute approximate surface area is 142 Å². The van der Waals surface area contributed by atoms with Crippen molar-refractivity contribution < 1.29 is 14.5 Å².